The van der Waals surface area contributed by atoms with Crippen LogP contribution >= 0.6 is 23.2 Å². The van der Waals surface area contributed by atoms with Crippen LogP contribution in [0.1, 0.15) is 65.8 Å². The Labute approximate surface area is 349 Å². The second-order valence-corrected chi connectivity index (χ2v) is 22.7. The molecule has 0 radical (unpaired) electrons. The SMILES string of the molecule is COc1nc(-c2cccc(-c3ccnc(-c4cc5c(=O)n(C)c(CO[Si](C)(C)C(C)(C)C)nn5c4)c3Cl)c2Cl)ccc1CN(C[C@@H]1CCC(=O)N1)C(=O)OC(C)(C)C. The average molecular weight is 849 g/mol. The number of carbonyl (C=O) groups excluding carboxylic acids is 2. The summed E-state index contributed by atoms with van der Waals surface area (Å²) in [6.07, 6.45) is 3.92. The molecule has 58 heavy (non-hydrogen) atoms. The Morgan fingerprint density at radius 2 is 1.72 bits per heavy atom. The van der Waals surface area contributed by atoms with Gasteiger partial charge in [0.2, 0.25) is 11.8 Å². The minimum absolute atomic E-state index is 0.00476. The molecule has 0 spiro atoms. The number of rotatable bonds is 11. The van der Waals surface area contributed by atoms with Crippen molar-refractivity contribution in [3.05, 3.63) is 86.6 Å². The zero-order valence-electron chi connectivity index (χ0n) is 34.7. The number of pyridine rings is 2. The third-order valence-corrected chi connectivity index (χ3v) is 16.0. The van der Waals surface area contributed by atoms with E-state index in [2.05, 4.69) is 44.2 Å². The van der Waals surface area contributed by atoms with Crippen molar-refractivity contribution in [3.63, 3.8) is 0 Å². The third kappa shape index (κ3) is 9.10. The first-order valence-electron chi connectivity index (χ1n) is 19.1. The summed E-state index contributed by atoms with van der Waals surface area (Å²) in [4.78, 5) is 49.7. The van der Waals surface area contributed by atoms with Crippen LogP contribution in [0.25, 0.3) is 39.2 Å². The summed E-state index contributed by atoms with van der Waals surface area (Å²) in [5.74, 6) is 0.780. The van der Waals surface area contributed by atoms with Gasteiger partial charge in [-0.15, -0.1) is 0 Å². The number of ether oxygens (including phenoxy) is 2. The molecule has 1 aliphatic rings. The predicted molar refractivity (Wildman–Crippen MR) is 229 cm³/mol. The van der Waals surface area contributed by atoms with Gasteiger partial charge in [0.25, 0.3) is 5.56 Å². The van der Waals surface area contributed by atoms with Crippen LogP contribution in [0.3, 0.4) is 0 Å². The largest absolute Gasteiger partial charge is 0.481 e. The molecule has 1 saturated heterocycles. The van der Waals surface area contributed by atoms with Crippen molar-refractivity contribution in [2.45, 2.75) is 97.3 Å². The molecule has 0 bridgehead atoms. The maximum atomic E-state index is 13.5. The van der Waals surface area contributed by atoms with E-state index in [-0.39, 0.29) is 42.2 Å². The fourth-order valence-electron chi connectivity index (χ4n) is 6.41. The number of halogens is 2. The van der Waals surface area contributed by atoms with E-state index in [0.717, 1.165) is 0 Å². The average Bonchev–Trinajstić information content (AvgIpc) is 3.77. The molecule has 2 amide bonds. The molecule has 4 aromatic heterocycles. The van der Waals surface area contributed by atoms with Gasteiger partial charge in [-0.1, -0.05) is 62.2 Å². The van der Waals surface area contributed by atoms with Gasteiger partial charge in [0.1, 0.15) is 11.1 Å². The Morgan fingerprint density at radius 1 is 1.02 bits per heavy atom. The first kappa shape index (κ1) is 42.8. The molecule has 1 aliphatic heterocycles. The molecule has 6 rings (SSSR count). The summed E-state index contributed by atoms with van der Waals surface area (Å²) in [6.45, 7) is 16.9. The monoisotopic (exact) mass is 847 g/mol. The number of carbonyl (C=O) groups is 2. The highest BCUT2D eigenvalue weighted by atomic mass is 35.5. The number of methoxy groups -OCH3 is 1. The van der Waals surface area contributed by atoms with Crippen LogP contribution in [0.15, 0.2) is 59.7 Å². The van der Waals surface area contributed by atoms with Gasteiger partial charge < -0.3 is 24.1 Å². The lowest BCUT2D eigenvalue weighted by atomic mass is 10.00. The second kappa shape index (κ2) is 16.5. The molecule has 0 aliphatic carbocycles. The molecule has 5 aromatic rings. The zero-order chi connectivity index (χ0) is 42.3. The van der Waals surface area contributed by atoms with Crippen molar-refractivity contribution in [1.29, 1.82) is 0 Å². The third-order valence-electron chi connectivity index (χ3n) is 10.7. The number of amides is 2. The normalized spacial score (nSPS) is 14.8. The van der Waals surface area contributed by atoms with E-state index >= 15 is 0 Å². The Hall–Kier alpha value is -4.76. The molecule has 13 nitrogen and oxygen atoms in total. The van der Waals surface area contributed by atoms with E-state index in [1.807, 2.05) is 30.3 Å². The number of aromatic nitrogens is 5. The number of benzene rings is 1. The van der Waals surface area contributed by atoms with Crippen molar-refractivity contribution in [1.82, 2.24) is 34.4 Å². The smallest absolute Gasteiger partial charge is 0.410 e. The molecule has 1 aromatic carbocycles. The quantitative estimate of drug-likeness (QED) is 0.129. The van der Waals surface area contributed by atoms with E-state index < -0.39 is 20.0 Å². The molecule has 16 heteroatoms. The first-order chi connectivity index (χ1) is 27.2. The first-order valence-corrected chi connectivity index (χ1v) is 22.8. The maximum Gasteiger partial charge on any atom is 0.410 e. The van der Waals surface area contributed by atoms with Crippen LogP contribution in [0.2, 0.25) is 28.2 Å². The lowest BCUT2D eigenvalue weighted by molar-refractivity contribution is -0.119. The highest BCUT2D eigenvalue weighted by molar-refractivity contribution is 6.74. The summed E-state index contributed by atoms with van der Waals surface area (Å²) < 4.78 is 20.9. The Morgan fingerprint density at radius 3 is 2.38 bits per heavy atom. The zero-order valence-corrected chi connectivity index (χ0v) is 37.2. The van der Waals surface area contributed by atoms with Gasteiger partial charge >= 0.3 is 6.09 Å². The van der Waals surface area contributed by atoms with Crippen LogP contribution in [0.4, 0.5) is 4.79 Å². The van der Waals surface area contributed by atoms with Crippen molar-refractivity contribution in [3.8, 4) is 39.5 Å². The number of fused-ring (bicyclic) bond motifs is 1. The molecule has 0 unspecified atom stereocenters. The van der Waals surface area contributed by atoms with Crippen molar-refractivity contribution < 1.29 is 23.5 Å². The molecule has 308 valence electrons. The minimum Gasteiger partial charge on any atom is -0.481 e. The highest BCUT2D eigenvalue weighted by Gasteiger charge is 2.37. The molecule has 1 N–H and O–H groups in total. The molecule has 1 atom stereocenters. The highest BCUT2D eigenvalue weighted by Crippen LogP contribution is 2.42. The number of hydrogen-bond donors (Lipinski definition) is 1. The van der Waals surface area contributed by atoms with Gasteiger partial charge in [-0.3, -0.25) is 19.1 Å². The number of hydrogen-bond acceptors (Lipinski definition) is 9. The summed E-state index contributed by atoms with van der Waals surface area (Å²) in [6, 6.07) is 12.6. The number of nitrogens with zero attached hydrogens (tertiary/aromatic N) is 6. The maximum absolute atomic E-state index is 13.5. The summed E-state index contributed by atoms with van der Waals surface area (Å²) in [5, 5.41) is 8.43. The van der Waals surface area contributed by atoms with Gasteiger partial charge in [-0.25, -0.2) is 14.3 Å². The summed E-state index contributed by atoms with van der Waals surface area (Å²) >= 11 is 14.3. The fraction of sp³-hybridized carbons (Fsp3) is 0.429. The van der Waals surface area contributed by atoms with Crippen molar-refractivity contribution in [2.75, 3.05) is 13.7 Å². The Kier molecular flexibility index (Phi) is 12.2. The van der Waals surface area contributed by atoms with E-state index in [1.54, 1.807) is 61.8 Å². The molecule has 1 fully saturated rings. The molecular formula is C42H51Cl2N7O6Si. The molecular weight excluding hydrogens is 797 g/mol. The molecule has 5 heterocycles. The van der Waals surface area contributed by atoms with E-state index in [1.165, 1.54) is 11.7 Å². The lowest BCUT2D eigenvalue weighted by Crippen LogP contribution is -2.43. The Bertz CT molecular complexity index is 2440. The fourth-order valence-corrected chi connectivity index (χ4v) is 7.99. The van der Waals surface area contributed by atoms with Gasteiger partial charge in [-0.05, 0) is 69.6 Å². The van der Waals surface area contributed by atoms with Crippen LogP contribution < -0.4 is 15.6 Å². The predicted octanol–water partition coefficient (Wildman–Crippen LogP) is 8.68. The van der Waals surface area contributed by atoms with Crippen LogP contribution in [0, 0.1) is 0 Å². The van der Waals surface area contributed by atoms with Gasteiger partial charge in [0.15, 0.2) is 14.1 Å². The van der Waals surface area contributed by atoms with Crippen molar-refractivity contribution in [2.24, 2.45) is 7.05 Å². The summed E-state index contributed by atoms with van der Waals surface area (Å²) in [7, 11) is 1.12. The van der Waals surface area contributed by atoms with Gasteiger partial charge in [0, 0.05) is 66.3 Å². The molecule has 0 saturated carbocycles. The second-order valence-electron chi connectivity index (χ2n) is 17.1. The standard InChI is InChI=1S/C42H51Cl2N7O6Si/c1-41(2,3)57-40(54)50(23-27-15-17-34(52)46-27)21-25-14-16-31(47-38(25)55-8)30-13-11-12-28(35(30)43)29-18-19-45-37(36(29)44)26-20-32-39(53)49(7)33(48-51(32)22-26)24-56-58(9,10)42(4,5)6/h11-14,16,18-20,22,27H,15,17,21,23-24H2,1-10H3,(H,46,52)/t27-/m0/s1. The topological polar surface area (TPSA) is 142 Å². The van der Waals surface area contributed by atoms with Gasteiger partial charge in [-0.2, -0.15) is 5.10 Å². The van der Waals surface area contributed by atoms with E-state index in [9.17, 15) is 14.4 Å². The van der Waals surface area contributed by atoms with E-state index in [0.29, 0.717) is 79.3 Å². The van der Waals surface area contributed by atoms with E-state index in [4.69, 9.17) is 47.2 Å². The van der Waals surface area contributed by atoms with Crippen LogP contribution in [-0.2, 0) is 34.2 Å². The number of nitrogens with one attached hydrogen (secondary N) is 1. The minimum atomic E-state index is -2.09. The Balaban J connectivity index is 1.30. The van der Waals surface area contributed by atoms with Crippen molar-refractivity contribution >= 4 is 49.0 Å². The lowest BCUT2D eigenvalue weighted by Gasteiger charge is -2.36. The van der Waals surface area contributed by atoms with Gasteiger partial charge in [0.05, 0.1) is 41.7 Å². The van der Waals surface area contributed by atoms with Crippen LogP contribution in [0.5, 0.6) is 5.88 Å². The summed E-state index contributed by atoms with van der Waals surface area (Å²) in [5.41, 5.74) is 3.62. The van der Waals surface area contributed by atoms with Crippen LogP contribution in [-0.4, -0.2) is 74.7 Å².